The van der Waals surface area contributed by atoms with Gasteiger partial charge in [0.25, 0.3) is 5.91 Å². The van der Waals surface area contributed by atoms with Gasteiger partial charge in [0.15, 0.2) is 0 Å². The zero-order valence-corrected chi connectivity index (χ0v) is 13.7. The SMILES string of the molecule is CN1CCCC(N2CC(NC(=O)C#CC3CCOCC3)C2)C1=O. The third kappa shape index (κ3) is 4.04. The smallest absolute Gasteiger partial charge is 0.296 e. The summed E-state index contributed by atoms with van der Waals surface area (Å²) in [7, 11) is 1.86. The van der Waals surface area contributed by atoms with Crippen LogP contribution in [0.5, 0.6) is 0 Å². The van der Waals surface area contributed by atoms with E-state index in [1.165, 1.54) is 0 Å². The minimum Gasteiger partial charge on any atom is -0.381 e. The van der Waals surface area contributed by atoms with E-state index in [1.54, 1.807) is 4.90 Å². The fourth-order valence-corrected chi connectivity index (χ4v) is 3.44. The Hall–Kier alpha value is -1.58. The van der Waals surface area contributed by atoms with Gasteiger partial charge < -0.3 is 15.0 Å². The largest absolute Gasteiger partial charge is 0.381 e. The first-order valence-electron chi connectivity index (χ1n) is 8.52. The van der Waals surface area contributed by atoms with Gasteiger partial charge in [0.05, 0.1) is 12.1 Å². The Morgan fingerprint density at radius 2 is 2.00 bits per heavy atom. The van der Waals surface area contributed by atoms with Crippen molar-refractivity contribution in [3.8, 4) is 11.8 Å². The molecule has 23 heavy (non-hydrogen) atoms. The Kier molecular flexibility index (Phi) is 5.19. The highest BCUT2D eigenvalue weighted by Crippen LogP contribution is 2.21. The average molecular weight is 319 g/mol. The lowest BCUT2D eigenvalue weighted by Gasteiger charge is -2.46. The molecule has 1 unspecified atom stereocenters. The van der Waals surface area contributed by atoms with Crippen LogP contribution in [0.3, 0.4) is 0 Å². The number of piperidine rings is 1. The van der Waals surface area contributed by atoms with Crippen molar-refractivity contribution in [2.75, 3.05) is 39.9 Å². The number of nitrogens with zero attached hydrogens (tertiary/aromatic N) is 2. The highest BCUT2D eigenvalue weighted by Gasteiger charge is 2.39. The van der Waals surface area contributed by atoms with E-state index in [1.807, 2.05) is 7.05 Å². The van der Waals surface area contributed by atoms with Gasteiger partial charge >= 0.3 is 0 Å². The number of carbonyl (C=O) groups is 2. The number of hydrogen-bond acceptors (Lipinski definition) is 4. The van der Waals surface area contributed by atoms with Crippen molar-refractivity contribution in [1.29, 1.82) is 0 Å². The molecule has 0 spiro atoms. The van der Waals surface area contributed by atoms with Gasteiger partial charge in [-0.25, -0.2) is 0 Å². The van der Waals surface area contributed by atoms with Crippen LogP contribution >= 0.6 is 0 Å². The molecule has 6 nitrogen and oxygen atoms in total. The standard InChI is InChI=1S/C17H25N3O3/c1-19-8-2-3-15(17(19)22)20-11-14(12-20)18-16(21)5-4-13-6-9-23-10-7-13/h13-15H,2-3,6-12H2,1H3,(H,18,21). The van der Waals surface area contributed by atoms with Crippen LogP contribution in [0.4, 0.5) is 0 Å². The first kappa shape index (κ1) is 16.3. The van der Waals surface area contributed by atoms with Crippen molar-refractivity contribution in [2.24, 2.45) is 5.92 Å². The summed E-state index contributed by atoms with van der Waals surface area (Å²) in [6.45, 7) is 3.82. The van der Waals surface area contributed by atoms with Crippen LogP contribution in [0.2, 0.25) is 0 Å². The number of likely N-dealkylation sites (tertiary alicyclic amines) is 2. The minimum absolute atomic E-state index is 0.00442. The number of likely N-dealkylation sites (N-methyl/N-ethyl adjacent to an activating group) is 1. The van der Waals surface area contributed by atoms with Crippen LogP contribution in [0.15, 0.2) is 0 Å². The lowest BCUT2D eigenvalue weighted by Crippen LogP contribution is -2.65. The lowest BCUT2D eigenvalue weighted by molar-refractivity contribution is -0.141. The van der Waals surface area contributed by atoms with Crippen LogP contribution in [-0.4, -0.2) is 73.6 Å². The van der Waals surface area contributed by atoms with Crippen molar-refractivity contribution in [3.63, 3.8) is 0 Å². The number of amides is 2. The second-order valence-corrected chi connectivity index (χ2v) is 6.70. The molecule has 1 atom stereocenters. The van der Waals surface area contributed by atoms with E-state index < -0.39 is 0 Å². The minimum atomic E-state index is -0.201. The van der Waals surface area contributed by atoms with Crippen molar-refractivity contribution in [3.05, 3.63) is 0 Å². The van der Waals surface area contributed by atoms with E-state index in [4.69, 9.17) is 4.74 Å². The van der Waals surface area contributed by atoms with E-state index in [-0.39, 0.29) is 29.8 Å². The van der Waals surface area contributed by atoms with Crippen LogP contribution in [-0.2, 0) is 14.3 Å². The summed E-state index contributed by atoms with van der Waals surface area (Å²) in [6, 6.07) is 0.113. The molecule has 3 saturated heterocycles. The van der Waals surface area contributed by atoms with Gasteiger partial charge in [0.2, 0.25) is 5.91 Å². The quantitative estimate of drug-likeness (QED) is 0.719. The molecular weight excluding hydrogens is 294 g/mol. The molecule has 0 saturated carbocycles. The third-order valence-electron chi connectivity index (χ3n) is 4.93. The molecule has 1 N–H and O–H groups in total. The van der Waals surface area contributed by atoms with Crippen molar-refractivity contribution >= 4 is 11.8 Å². The Bertz CT molecular complexity index is 513. The molecule has 0 radical (unpaired) electrons. The molecule has 3 heterocycles. The molecule has 3 fully saturated rings. The van der Waals surface area contributed by atoms with Gasteiger partial charge in [-0.1, -0.05) is 5.92 Å². The summed E-state index contributed by atoms with van der Waals surface area (Å²) in [5, 5.41) is 2.94. The molecule has 0 aromatic carbocycles. The van der Waals surface area contributed by atoms with Crippen molar-refractivity contribution in [1.82, 2.24) is 15.1 Å². The van der Waals surface area contributed by atoms with E-state index in [2.05, 4.69) is 22.1 Å². The Morgan fingerprint density at radius 3 is 2.74 bits per heavy atom. The van der Waals surface area contributed by atoms with Crippen LogP contribution in [0.1, 0.15) is 25.7 Å². The van der Waals surface area contributed by atoms with E-state index in [9.17, 15) is 9.59 Å². The molecule has 0 bridgehead atoms. The summed E-state index contributed by atoms with van der Waals surface area (Å²) in [5.41, 5.74) is 0. The maximum absolute atomic E-state index is 12.1. The summed E-state index contributed by atoms with van der Waals surface area (Å²) in [4.78, 5) is 28.0. The van der Waals surface area contributed by atoms with Crippen LogP contribution in [0.25, 0.3) is 0 Å². The second-order valence-electron chi connectivity index (χ2n) is 6.70. The summed E-state index contributed by atoms with van der Waals surface area (Å²) >= 11 is 0. The summed E-state index contributed by atoms with van der Waals surface area (Å²) < 4.78 is 5.28. The highest BCUT2D eigenvalue weighted by atomic mass is 16.5. The zero-order chi connectivity index (χ0) is 16.2. The van der Waals surface area contributed by atoms with Crippen LogP contribution < -0.4 is 5.32 Å². The molecule has 6 heteroatoms. The molecule has 0 aromatic heterocycles. The van der Waals surface area contributed by atoms with E-state index >= 15 is 0 Å². The second kappa shape index (κ2) is 7.33. The van der Waals surface area contributed by atoms with E-state index in [0.717, 1.165) is 58.5 Å². The Balaban J connectivity index is 1.40. The number of nitrogens with one attached hydrogen (secondary N) is 1. The number of ether oxygens (including phenoxy) is 1. The van der Waals surface area contributed by atoms with Gasteiger partial charge in [-0.15, -0.1) is 0 Å². The zero-order valence-electron chi connectivity index (χ0n) is 13.7. The van der Waals surface area contributed by atoms with Crippen molar-refractivity contribution in [2.45, 2.75) is 37.8 Å². The fourth-order valence-electron chi connectivity index (χ4n) is 3.44. The predicted molar refractivity (Wildman–Crippen MR) is 85.5 cm³/mol. The predicted octanol–water partition coefficient (Wildman–Crippen LogP) is -0.162. The Morgan fingerprint density at radius 1 is 1.26 bits per heavy atom. The van der Waals surface area contributed by atoms with Gasteiger partial charge in [0.1, 0.15) is 0 Å². The average Bonchev–Trinajstić information content (AvgIpc) is 2.53. The fraction of sp³-hybridized carbons (Fsp3) is 0.765. The third-order valence-corrected chi connectivity index (χ3v) is 4.93. The monoisotopic (exact) mass is 319 g/mol. The maximum Gasteiger partial charge on any atom is 0.296 e. The van der Waals surface area contributed by atoms with Gasteiger partial charge in [-0.3, -0.25) is 14.5 Å². The molecule has 3 aliphatic heterocycles. The molecule has 2 amide bonds. The lowest BCUT2D eigenvalue weighted by atomic mass is 9.98. The summed E-state index contributed by atoms with van der Waals surface area (Å²) in [5.74, 6) is 6.05. The van der Waals surface area contributed by atoms with Gasteiger partial charge in [-0.05, 0) is 31.6 Å². The van der Waals surface area contributed by atoms with Gasteiger partial charge in [-0.2, -0.15) is 0 Å². The van der Waals surface area contributed by atoms with Crippen molar-refractivity contribution < 1.29 is 14.3 Å². The molecular formula is C17H25N3O3. The summed E-state index contributed by atoms with van der Waals surface area (Å²) in [6.07, 6.45) is 3.80. The molecule has 126 valence electrons. The first-order valence-corrected chi connectivity index (χ1v) is 8.52. The number of hydrogen-bond donors (Lipinski definition) is 1. The van der Waals surface area contributed by atoms with Crippen LogP contribution in [0, 0.1) is 17.8 Å². The first-order chi connectivity index (χ1) is 11.1. The van der Waals surface area contributed by atoms with Gasteiger partial charge in [0, 0.05) is 45.8 Å². The Labute approximate surface area is 137 Å². The molecule has 3 rings (SSSR count). The number of rotatable bonds is 2. The number of carbonyl (C=O) groups excluding carboxylic acids is 2. The van der Waals surface area contributed by atoms with E-state index in [0.29, 0.717) is 0 Å². The molecule has 0 aromatic rings. The normalized spacial score (nSPS) is 27.1. The molecule has 3 aliphatic rings. The topological polar surface area (TPSA) is 61.9 Å². The molecule has 0 aliphatic carbocycles. The maximum atomic E-state index is 12.1. The highest BCUT2D eigenvalue weighted by molar-refractivity contribution is 5.93.